The number of likely N-dealkylation sites (N-methyl/N-ethyl adjacent to an activating group) is 1. The SMILES string of the molecule is CCN(CC)C(CNC(=O)c1ccc(N2C(=O)CCS2(=O)=O)cc1Cl)c1ccco1. The lowest BCUT2D eigenvalue weighted by Gasteiger charge is -2.28. The third-order valence-electron chi connectivity index (χ3n) is 5.09. The zero-order valence-electron chi connectivity index (χ0n) is 16.8. The average Bonchev–Trinajstić information content (AvgIpc) is 3.32. The van der Waals surface area contributed by atoms with Crippen LogP contribution < -0.4 is 9.62 Å². The Hall–Kier alpha value is -2.36. The first-order valence-electron chi connectivity index (χ1n) is 9.69. The fourth-order valence-corrected chi connectivity index (χ4v) is 5.23. The lowest BCUT2D eigenvalue weighted by molar-refractivity contribution is -0.116. The maximum Gasteiger partial charge on any atom is 0.252 e. The molecule has 2 aromatic rings. The Labute approximate surface area is 180 Å². The number of nitrogens with zero attached hydrogens (tertiary/aromatic N) is 2. The van der Waals surface area contributed by atoms with Gasteiger partial charge < -0.3 is 9.73 Å². The van der Waals surface area contributed by atoms with E-state index in [2.05, 4.69) is 10.2 Å². The molecule has 1 aromatic heterocycles. The number of benzene rings is 1. The summed E-state index contributed by atoms with van der Waals surface area (Å²) in [6.07, 6.45) is 1.53. The van der Waals surface area contributed by atoms with Crippen LogP contribution in [0.25, 0.3) is 0 Å². The van der Waals surface area contributed by atoms with Crippen molar-refractivity contribution in [2.24, 2.45) is 0 Å². The number of hydrogen-bond donors (Lipinski definition) is 1. The Bertz CT molecular complexity index is 1020. The van der Waals surface area contributed by atoms with Crippen molar-refractivity contribution < 1.29 is 22.4 Å². The second-order valence-corrected chi connectivity index (χ2v) is 9.20. The molecule has 1 saturated heterocycles. The van der Waals surface area contributed by atoms with E-state index in [1.807, 2.05) is 19.9 Å². The monoisotopic (exact) mass is 453 g/mol. The molecule has 0 bridgehead atoms. The highest BCUT2D eigenvalue weighted by Gasteiger charge is 2.36. The zero-order valence-corrected chi connectivity index (χ0v) is 18.4. The van der Waals surface area contributed by atoms with Crippen LogP contribution in [0.4, 0.5) is 5.69 Å². The van der Waals surface area contributed by atoms with Gasteiger partial charge in [-0.2, -0.15) is 0 Å². The van der Waals surface area contributed by atoms with Gasteiger partial charge in [0.25, 0.3) is 5.91 Å². The van der Waals surface area contributed by atoms with Crippen LogP contribution in [0.3, 0.4) is 0 Å². The molecule has 1 fully saturated rings. The van der Waals surface area contributed by atoms with Gasteiger partial charge in [-0.1, -0.05) is 25.4 Å². The van der Waals surface area contributed by atoms with Crippen LogP contribution in [-0.4, -0.2) is 50.5 Å². The van der Waals surface area contributed by atoms with Gasteiger partial charge in [0.2, 0.25) is 15.9 Å². The number of hydrogen-bond acceptors (Lipinski definition) is 6. The first-order valence-corrected chi connectivity index (χ1v) is 11.7. The van der Waals surface area contributed by atoms with E-state index in [1.54, 1.807) is 12.3 Å². The molecule has 10 heteroatoms. The number of nitrogens with one attached hydrogen (secondary N) is 1. The highest BCUT2D eigenvalue weighted by Crippen LogP contribution is 2.29. The number of halogens is 1. The van der Waals surface area contributed by atoms with Gasteiger partial charge in [-0.05, 0) is 43.4 Å². The Morgan fingerprint density at radius 1 is 1.30 bits per heavy atom. The van der Waals surface area contributed by atoms with Crippen molar-refractivity contribution in [2.45, 2.75) is 26.3 Å². The first kappa shape index (κ1) is 22.3. The molecule has 2 heterocycles. The van der Waals surface area contributed by atoms with Crippen molar-refractivity contribution in [1.29, 1.82) is 0 Å². The molecule has 2 amide bonds. The van der Waals surface area contributed by atoms with Crippen LogP contribution in [0, 0.1) is 0 Å². The summed E-state index contributed by atoms with van der Waals surface area (Å²) in [5, 5.41) is 2.93. The lowest BCUT2D eigenvalue weighted by Crippen LogP contribution is -2.38. The molecule has 1 aromatic carbocycles. The Morgan fingerprint density at radius 2 is 2.03 bits per heavy atom. The maximum atomic E-state index is 12.7. The second kappa shape index (κ2) is 9.20. The molecule has 0 saturated carbocycles. The van der Waals surface area contributed by atoms with E-state index in [-0.39, 0.29) is 34.5 Å². The molecule has 0 aliphatic carbocycles. The molecule has 1 atom stereocenters. The number of carbonyl (C=O) groups excluding carboxylic acids is 2. The third-order valence-corrected chi connectivity index (χ3v) is 7.09. The molecule has 0 radical (unpaired) electrons. The normalized spacial score (nSPS) is 16.8. The van der Waals surface area contributed by atoms with E-state index < -0.39 is 21.8 Å². The molecule has 1 aliphatic heterocycles. The molecule has 1 unspecified atom stereocenters. The van der Waals surface area contributed by atoms with Crippen LogP contribution >= 0.6 is 11.6 Å². The van der Waals surface area contributed by atoms with E-state index in [1.165, 1.54) is 18.2 Å². The number of rotatable bonds is 8. The van der Waals surface area contributed by atoms with Crippen LogP contribution in [-0.2, 0) is 14.8 Å². The smallest absolute Gasteiger partial charge is 0.252 e. The van der Waals surface area contributed by atoms with Gasteiger partial charge in [-0.25, -0.2) is 12.7 Å². The molecule has 1 aliphatic rings. The van der Waals surface area contributed by atoms with Crippen molar-refractivity contribution in [2.75, 3.05) is 29.7 Å². The van der Waals surface area contributed by atoms with Crippen LogP contribution in [0.5, 0.6) is 0 Å². The summed E-state index contributed by atoms with van der Waals surface area (Å²) in [5.74, 6) is -0.390. The third kappa shape index (κ3) is 4.53. The van der Waals surface area contributed by atoms with Gasteiger partial charge >= 0.3 is 0 Å². The average molecular weight is 454 g/mol. The summed E-state index contributed by atoms with van der Waals surface area (Å²) in [6, 6.07) is 7.69. The Kier molecular flexibility index (Phi) is 6.84. The molecular weight excluding hydrogens is 430 g/mol. The molecule has 8 nitrogen and oxygen atoms in total. The fraction of sp³-hybridized carbons (Fsp3) is 0.400. The Morgan fingerprint density at radius 3 is 2.57 bits per heavy atom. The largest absolute Gasteiger partial charge is 0.468 e. The predicted octanol–water partition coefficient (Wildman–Crippen LogP) is 2.81. The zero-order chi connectivity index (χ0) is 21.9. The maximum absolute atomic E-state index is 12.7. The minimum Gasteiger partial charge on any atom is -0.468 e. The van der Waals surface area contributed by atoms with Crippen molar-refractivity contribution in [3.63, 3.8) is 0 Å². The van der Waals surface area contributed by atoms with E-state index in [0.29, 0.717) is 6.54 Å². The van der Waals surface area contributed by atoms with Gasteiger partial charge in [0.15, 0.2) is 0 Å². The number of furan rings is 1. The van der Waals surface area contributed by atoms with Crippen LogP contribution in [0.1, 0.15) is 42.4 Å². The quantitative estimate of drug-likeness (QED) is 0.659. The van der Waals surface area contributed by atoms with Gasteiger partial charge in [-0.3, -0.25) is 14.5 Å². The highest BCUT2D eigenvalue weighted by atomic mass is 35.5. The number of amides is 2. The second-order valence-electron chi connectivity index (χ2n) is 6.85. The van der Waals surface area contributed by atoms with Crippen LogP contribution in [0.2, 0.25) is 5.02 Å². The first-order chi connectivity index (χ1) is 14.3. The van der Waals surface area contributed by atoms with Crippen molar-refractivity contribution in [3.05, 3.63) is 52.9 Å². The summed E-state index contributed by atoms with van der Waals surface area (Å²) in [7, 11) is -3.69. The topological polar surface area (TPSA) is 99.9 Å². The van der Waals surface area contributed by atoms with Crippen molar-refractivity contribution >= 4 is 39.1 Å². The van der Waals surface area contributed by atoms with Crippen molar-refractivity contribution in [1.82, 2.24) is 10.2 Å². The van der Waals surface area contributed by atoms with Gasteiger partial charge in [-0.15, -0.1) is 0 Å². The summed E-state index contributed by atoms with van der Waals surface area (Å²) in [6.45, 7) is 5.94. The highest BCUT2D eigenvalue weighted by molar-refractivity contribution is 7.94. The summed E-state index contributed by atoms with van der Waals surface area (Å²) in [5.41, 5.74) is 0.331. The summed E-state index contributed by atoms with van der Waals surface area (Å²) >= 11 is 6.25. The molecule has 162 valence electrons. The summed E-state index contributed by atoms with van der Waals surface area (Å²) in [4.78, 5) is 26.8. The van der Waals surface area contributed by atoms with E-state index in [0.717, 1.165) is 23.2 Å². The molecule has 3 rings (SSSR count). The molecule has 0 spiro atoms. The van der Waals surface area contributed by atoms with Crippen LogP contribution in [0.15, 0.2) is 41.0 Å². The minimum absolute atomic E-state index is 0.0669. The Balaban J connectivity index is 1.76. The number of carbonyl (C=O) groups is 2. The number of sulfonamides is 1. The fourth-order valence-electron chi connectivity index (χ4n) is 3.52. The predicted molar refractivity (Wildman–Crippen MR) is 114 cm³/mol. The molecule has 30 heavy (non-hydrogen) atoms. The minimum atomic E-state index is -3.69. The van der Waals surface area contributed by atoms with E-state index in [4.69, 9.17) is 16.0 Å². The van der Waals surface area contributed by atoms with E-state index in [9.17, 15) is 18.0 Å². The number of anilines is 1. The molecule has 1 N–H and O–H groups in total. The van der Waals surface area contributed by atoms with E-state index >= 15 is 0 Å². The molecular formula is C20H24ClN3O5S. The standard InChI is InChI=1S/C20H24ClN3O5S/c1-3-23(4-2)17(18-6-5-10-29-18)13-22-20(26)15-8-7-14(12-16(15)21)24-19(25)9-11-30(24,27)28/h5-8,10,12,17H,3-4,9,11,13H2,1-2H3,(H,22,26). The van der Waals surface area contributed by atoms with Crippen molar-refractivity contribution in [3.8, 4) is 0 Å². The van der Waals surface area contributed by atoms with Gasteiger partial charge in [0.1, 0.15) is 5.76 Å². The van der Waals surface area contributed by atoms with Gasteiger partial charge in [0.05, 0.1) is 34.3 Å². The van der Waals surface area contributed by atoms with Gasteiger partial charge in [0, 0.05) is 13.0 Å². The lowest BCUT2D eigenvalue weighted by atomic mass is 10.1. The summed E-state index contributed by atoms with van der Waals surface area (Å²) < 4.78 is 30.4.